The molecule has 0 saturated carbocycles. The van der Waals surface area contributed by atoms with Gasteiger partial charge >= 0.3 is 86.9 Å². The van der Waals surface area contributed by atoms with Crippen molar-refractivity contribution in [2.75, 3.05) is 0 Å². The zero-order valence-corrected chi connectivity index (χ0v) is 10.1. The van der Waals surface area contributed by atoms with E-state index in [4.69, 9.17) is 0 Å². The summed E-state index contributed by atoms with van der Waals surface area (Å²) in [6.07, 6.45) is 0. The van der Waals surface area contributed by atoms with E-state index in [1.165, 1.54) is 0 Å². The summed E-state index contributed by atoms with van der Waals surface area (Å²) in [5.74, 6) is 0. The van der Waals surface area contributed by atoms with Crippen LogP contribution in [0.4, 0.5) is 0 Å². The van der Waals surface area contributed by atoms with Crippen LogP contribution in [-0.4, -0.2) is 55.8 Å². The molecule has 4 heteroatoms. The Balaban J connectivity index is -0.00000000500. The predicted octanol–water partition coefficient (Wildman–Crippen LogP) is -1.84. The summed E-state index contributed by atoms with van der Waals surface area (Å²) in [4.78, 5) is 0. The van der Waals surface area contributed by atoms with E-state index in [2.05, 4.69) is 13.4 Å². The molecule has 0 saturated heterocycles. The minimum absolute atomic E-state index is 0. The van der Waals surface area contributed by atoms with Crippen LogP contribution in [0.5, 0.6) is 0 Å². The van der Waals surface area contributed by atoms with Crippen LogP contribution >= 0.6 is 0 Å². The molecular weight excluding hydrogens is 384 g/mol. The third kappa shape index (κ3) is 8.92. The van der Waals surface area contributed by atoms with Crippen LogP contribution in [-0.2, 0) is 31.1 Å². The SMILES string of the molecule is [BiH3].[Fe][Mo].[NaH]. The van der Waals surface area contributed by atoms with E-state index < -0.39 is 0 Å². The first-order chi connectivity index (χ1) is 1.00. The van der Waals surface area contributed by atoms with Gasteiger partial charge in [-0.05, 0) is 0 Å². The predicted molar refractivity (Wildman–Crippen MR) is 17.1 cm³/mol. The second-order valence-electron chi connectivity index (χ2n) is 0. The topological polar surface area (TPSA) is 0 Å². The Labute approximate surface area is 85.0 Å². The molecule has 0 atom stereocenters. The molecule has 0 nitrogen and oxygen atoms in total. The van der Waals surface area contributed by atoms with Crippen molar-refractivity contribution in [3.05, 3.63) is 0 Å². The van der Waals surface area contributed by atoms with E-state index in [0.29, 0.717) is 0 Å². The Hall–Kier alpha value is 3.09. The van der Waals surface area contributed by atoms with Crippen LogP contribution in [0.15, 0.2) is 0 Å². The van der Waals surface area contributed by atoms with E-state index in [-0.39, 0.29) is 55.8 Å². The van der Waals surface area contributed by atoms with Crippen molar-refractivity contribution in [1.82, 2.24) is 0 Å². The Bertz CT molecular complexity index is 8.00. The van der Waals surface area contributed by atoms with Gasteiger partial charge in [-0.25, -0.2) is 0 Å². The van der Waals surface area contributed by atoms with Crippen LogP contribution in [0.1, 0.15) is 0 Å². The second kappa shape index (κ2) is 16.5. The molecule has 0 fully saturated rings. The van der Waals surface area contributed by atoms with E-state index in [0.717, 1.165) is 0 Å². The molecule has 0 radical (unpaired) electrons. The summed E-state index contributed by atoms with van der Waals surface area (Å²) in [5, 5.41) is 0. The maximum atomic E-state index is 3.26. The summed E-state index contributed by atoms with van der Waals surface area (Å²) >= 11 is 4.96. The normalized spacial score (nSPS) is 1.25. The third-order valence-corrected chi connectivity index (χ3v) is 0. The molecule has 0 aliphatic rings. The third-order valence-electron chi connectivity index (χ3n) is 0. The first kappa shape index (κ1) is 15.7. The van der Waals surface area contributed by atoms with E-state index >= 15 is 0 Å². The van der Waals surface area contributed by atoms with Crippen LogP contribution in [0.2, 0.25) is 0 Å². The first-order valence-electron chi connectivity index (χ1n) is 0.144. The van der Waals surface area contributed by atoms with Gasteiger partial charge in [0.2, 0.25) is 0 Å². The zero-order valence-electron chi connectivity index (χ0n) is 1.47. The molecular formula is H4BiFeMoNa. The molecule has 4 heavy (non-hydrogen) atoms. The molecule has 0 N–H and O–H groups in total. The average Bonchev–Trinajstić information content (AvgIpc) is 1.00. The van der Waals surface area contributed by atoms with Gasteiger partial charge in [-0.15, -0.1) is 0 Å². The fourth-order valence-electron chi connectivity index (χ4n) is 0. The summed E-state index contributed by atoms with van der Waals surface area (Å²) < 4.78 is 0. The molecule has 0 aromatic rings. The van der Waals surface area contributed by atoms with E-state index in [1.54, 1.807) is 17.7 Å². The molecule has 0 aromatic carbocycles. The van der Waals surface area contributed by atoms with Crippen molar-refractivity contribution < 1.29 is 31.1 Å². The summed E-state index contributed by atoms with van der Waals surface area (Å²) in [6, 6.07) is 0. The van der Waals surface area contributed by atoms with Gasteiger partial charge in [0.25, 0.3) is 0 Å². The molecule has 0 aromatic heterocycles. The van der Waals surface area contributed by atoms with Crippen molar-refractivity contribution >= 4 is 55.8 Å². The van der Waals surface area contributed by atoms with Gasteiger partial charge in [0, 0.05) is 0 Å². The Morgan fingerprint density at radius 1 is 1.25 bits per heavy atom. The van der Waals surface area contributed by atoms with Gasteiger partial charge in [0.05, 0.1) is 0 Å². The molecule has 0 amide bonds. The zero-order chi connectivity index (χ0) is 2.00. The number of hydrogen-bond acceptors (Lipinski definition) is 0. The average molecular weight is 388 g/mol. The van der Waals surface area contributed by atoms with Crippen LogP contribution in [0.3, 0.4) is 0 Å². The Morgan fingerprint density at radius 2 is 1.25 bits per heavy atom. The second-order valence-corrected chi connectivity index (χ2v) is 0. The number of hydrogen-bond donors (Lipinski definition) is 0. The van der Waals surface area contributed by atoms with Gasteiger partial charge in [0.15, 0.2) is 0 Å². The van der Waals surface area contributed by atoms with Gasteiger partial charge in [-0.2, -0.15) is 0 Å². The number of rotatable bonds is 0. The molecule has 0 heterocycles. The van der Waals surface area contributed by atoms with Crippen molar-refractivity contribution in [3.63, 3.8) is 0 Å². The van der Waals surface area contributed by atoms with Crippen molar-refractivity contribution in [3.8, 4) is 0 Å². The monoisotopic (exact) mass is 390 g/mol. The van der Waals surface area contributed by atoms with Crippen molar-refractivity contribution in [2.45, 2.75) is 0 Å². The van der Waals surface area contributed by atoms with Gasteiger partial charge < -0.3 is 0 Å². The maximum absolute atomic E-state index is 3.26. The van der Waals surface area contributed by atoms with Crippen LogP contribution in [0, 0.1) is 0 Å². The van der Waals surface area contributed by atoms with Crippen molar-refractivity contribution in [2.24, 2.45) is 0 Å². The van der Waals surface area contributed by atoms with Gasteiger partial charge in [0.1, 0.15) is 0 Å². The Morgan fingerprint density at radius 3 is 1.25 bits per heavy atom. The minimum atomic E-state index is 0. The van der Waals surface area contributed by atoms with Crippen LogP contribution in [0.25, 0.3) is 0 Å². The van der Waals surface area contributed by atoms with E-state index in [9.17, 15) is 0 Å². The fraction of sp³-hybridized carbons (Fsp3) is 0. The molecule has 0 aliphatic carbocycles. The summed E-state index contributed by atoms with van der Waals surface area (Å²) in [7, 11) is 0. The summed E-state index contributed by atoms with van der Waals surface area (Å²) in [5.41, 5.74) is 0. The van der Waals surface area contributed by atoms with Gasteiger partial charge in [-0.3, -0.25) is 0 Å². The first-order valence-corrected chi connectivity index (χ1v) is 3.52. The Kier molecular flexibility index (Phi) is 64.9. The molecule has 0 unspecified atom stereocenters. The molecule has 0 spiro atoms. The standard InChI is InChI=1S/Bi.Fe.Mo.Na.4H. The summed E-state index contributed by atoms with van der Waals surface area (Å²) in [6.45, 7) is 0. The molecule has 0 rings (SSSR count). The fourth-order valence-corrected chi connectivity index (χ4v) is 0. The molecule has 0 bridgehead atoms. The molecule has 0 aliphatic heterocycles. The molecule has 24 valence electrons. The van der Waals surface area contributed by atoms with Crippen LogP contribution < -0.4 is 0 Å². The van der Waals surface area contributed by atoms with Crippen molar-refractivity contribution in [1.29, 1.82) is 0 Å². The van der Waals surface area contributed by atoms with E-state index in [1.807, 2.05) is 0 Å². The van der Waals surface area contributed by atoms with Gasteiger partial charge in [-0.1, -0.05) is 0 Å². The quantitative estimate of drug-likeness (QED) is 0.429.